The summed E-state index contributed by atoms with van der Waals surface area (Å²) in [6.07, 6.45) is 1.91. The van der Waals surface area contributed by atoms with Crippen LogP contribution in [0.5, 0.6) is 11.5 Å². The molecule has 0 fully saturated rings. The van der Waals surface area contributed by atoms with E-state index in [2.05, 4.69) is 195 Å². The van der Waals surface area contributed by atoms with Crippen molar-refractivity contribution in [3.05, 3.63) is 192 Å². The van der Waals surface area contributed by atoms with Crippen molar-refractivity contribution >= 4 is 55.7 Å². The van der Waals surface area contributed by atoms with Crippen LogP contribution >= 0.6 is 0 Å². The summed E-state index contributed by atoms with van der Waals surface area (Å²) in [6.45, 7) is 14.1. The highest BCUT2D eigenvalue weighted by atomic mass is 16.5. The molecule has 0 bridgehead atoms. The van der Waals surface area contributed by atoms with E-state index < -0.39 is 0 Å². The molecule has 6 nitrogen and oxygen atoms in total. The maximum atomic E-state index is 6.81. The summed E-state index contributed by atoms with van der Waals surface area (Å²) >= 11 is 0. The Bertz CT molecular complexity index is 3310. The molecular weight excluding hydrogens is 773 g/mol. The van der Waals surface area contributed by atoms with Gasteiger partial charge in [-0.2, -0.15) is 0 Å². The Hall–Kier alpha value is -7.57. The summed E-state index contributed by atoms with van der Waals surface area (Å²) < 4.78 is 15.6. The first-order valence-electron chi connectivity index (χ1n) is 21.7. The summed E-state index contributed by atoms with van der Waals surface area (Å²) in [5.41, 5.74) is 18.2. The number of anilines is 4. The first-order chi connectivity index (χ1) is 30.6. The second-order valence-electron chi connectivity index (χ2n) is 17.7. The minimum absolute atomic E-state index is 0.0449. The van der Waals surface area contributed by atoms with Gasteiger partial charge in [0.05, 0.1) is 22.6 Å². The van der Waals surface area contributed by atoms with Crippen LogP contribution in [0.25, 0.3) is 61.0 Å². The SMILES string of the molecule is Cc1c(C)c(-c2ccccc2)c(N2CN(c3cccc(Oc4ccc5c6oc7ccccc7c6n(-c6cc(C(C)(C)C)ccn6)c5c4)c3)c3ccccc32)c(-c2ccccc2)c1C. The van der Waals surface area contributed by atoms with Gasteiger partial charge in [-0.15, -0.1) is 0 Å². The summed E-state index contributed by atoms with van der Waals surface area (Å²) in [4.78, 5) is 9.84. The number of rotatable bonds is 7. The fourth-order valence-corrected chi connectivity index (χ4v) is 9.55. The summed E-state index contributed by atoms with van der Waals surface area (Å²) in [5, 5.41) is 2.05. The zero-order chi connectivity index (χ0) is 43.0. The molecule has 4 heterocycles. The number of nitrogens with zero attached hydrogens (tertiary/aromatic N) is 4. The standard InChI is InChI=1S/C57H48N4O2/c1-36-37(2)52(39-18-9-7-10-19-39)55(53(38(36)3)40-20-11-8-12-21-40)60-35-59(47-25-14-15-26-48(47)60)42-22-17-23-43(33-42)62-44-28-29-45-49(34-44)61(51-32-41(30-31-58-51)57(4,5)6)54-46-24-13-16-27-50(46)63-56(45)54/h7-34H,35H2,1-6H3. The van der Waals surface area contributed by atoms with Crippen LogP contribution in [0.3, 0.4) is 0 Å². The highest BCUT2D eigenvalue weighted by Gasteiger charge is 2.33. The number of fused-ring (bicyclic) bond motifs is 6. The van der Waals surface area contributed by atoms with Gasteiger partial charge in [-0.05, 0) is 120 Å². The van der Waals surface area contributed by atoms with Gasteiger partial charge in [0.15, 0.2) is 5.58 Å². The first kappa shape index (κ1) is 38.4. The molecule has 0 atom stereocenters. The predicted octanol–water partition coefficient (Wildman–Crippen LogP) is 15.5. The van der Waals surface area contributed by atoms with Gasteiger partial charge in [-0.1, -0.05) is 112 Å². The normalized spacial score (nSPS) is 12.8. The van der Waals surface area contributed by atoms with Crippen LogP contribution in [0.4, 0.5) is 22.7 Å². The molecule has 0 N–H and O–H groups in total. The lowest BCUT2D eigenvalue weighted by Gasteiger charge is -2.30. The maximum Gasteiger partial charge on any atom is 0.161 e. The van der Waals surface area contributed by atoms with Gasteiger partial charge in [-0.25, -0.2) is 4.98 Å². The Morgan fingerprint density at radius 2 is 1.21 bits per heavy atom. The molecule has 0 unspecified atom stereocenters. The number of benzene rings is 7. The Kier molecular flexibility index (Phi) is 9.02. The third-order valence-corrected chi connectivity index (χ3v) is 12.9. The molecule has 6 heteroatoms. The molecule has 63 heavy (non-hydrogen) atoms. The van der Waals surface area contributed by atoms with Crippen LogP contribution in [0, 0.1) is 20.8 Å². The van der Waals surface area contributed by atoms with Crippen LogP contribution in [0.2, 0.25) is 0 Å². The zero-order valence-corrected chi connectivity index (χ0v) is 36.5. The summed E-state index contributed by atoms with van der Waals surface area (Å²) in [5.74, 6) is 2.32. The number of furan rings is 1. The Labute approximate surface area is 368 Å². The number of hydrogen-bond donors (Lipinski definition) is 0. The van der Waals surface area contributed by atoms with Gasteiger partial charge in [0.25, 0.3) is 0 Å². The maximum absolute atomic E-state index is 6.81. The molecule has 3 aromatic heterocycles. The highest BCUT2D eigenvalue weighted by Crippen LogP contribution is 2.53. The van der Waals surface area contributed by atoms with E-state index in [-0.39, 0.29) is 5.41 Å². The lowest BCUT2D eigenvalue weighted by atomic mass is 9.85. The van der Waals surface area contributed by atoms with Crippen LogP contribution < -0.4 is 14.5 Å². The molecule has 1 aliphatic heterocycles. The molecule has 1 aliphatic rings. The number of aromatic nitrogens is 2. The monoisotopic (exact) mass is 820 g/mol. The van der Waals surface area contributed by atoms with E-state index in [0.29, 0.717) is 6.67 Å². The van der Waals surface area contributed by atoms with E-state index in [1.54, 1.807) is 0 Å². The van der Waals surface area contributed by atoms with Crippen molar-refractivity contribution < 1.29 is 9.15 Å². The van der Waals surface area contributed by atoms with Crippen molar-refractivity contribution in [1.29, 1.82) is 0 Å². The largest absolute Gasteiger partial charge is 0.457 e. The van der Waals surface area contributed by atoms with Crippen molar-refractivity contribution in [3.8, 4) is 39.6 Å². The molecule has 0 radical (unpaired) electrons. The van der Waals surface area contributed by atoms with Crippen LogP contribution in [0.15, 0.2) is 174 Å². The number of ether oxygens (including phenoxy) is 1. The van der Waals surface area contributed by atoms with E-state index in [0.717, 1.165) is 67.4 Å². The second-order valence-corrected chi connectivity index (χ2v) is 17.7. The zero-order valence-electron chi connectivity index (χ0n) is 36.5. The number of pyridine rings is 1. The van der Waals surface area contributed by atoms with Gasteiger partial charge < -0.3 is 19.0 Å². The van der Waals surface area contributed by atoms with Gasteiger partial charge in [-0.3, -0.25) is 4.57 Å². The van der Waals surface area contributed by atoms with Crippen LogP contribution in [-0.4, -0.2) is 16.2 Å². The van der Waals surface area contributed by atoms with E-state index in [9.17, 15) is 0 Å². The van der Waals surface area contributed by atoms with Gasteiger partial charge >= 0.3 is 0 Å². The Morgan fingerprint density at radius 3 is 1.90 bits per heavy atom. The van der Waals surface area contributed by atoms with E-state index in [1.807, 2.05) is 30.5 Å². The summed E-state index contributed by atoms with van der Waals surface area (Å²) in [6, 6.07) is 57.7. The predicted molar refractivity (Wildman–Crippen MR) is 261 cm³/mol. The minimum Gasteiger partial charge on any atom is -0.457 e. The van der Waals surface area contributed by atoms with Crippen molar-refractivity contribution in [3.63, 3.8) is 0 Å². The molecule has 0 amide bonds. The van der Waals surface area contributed by atoms with Crippen molar-refractivity contribution in [1.82, 2.24) is 9.55 Å². The topological polar surface area (TPSA) is 46.7 Å². The number of hydrogen-bond acceptors (Lipinski definition) is 5. The van der Waals surface area contributed by atoms with Crippen LogP contribution in [0.1, 0.15) is 43.0 Å². The number of para-hydroxylation sites is 3. The van der Waals surface area contributed by atoms with Gasteiger partial charge in [0, 0.05) is 45.9 Å². The first-order valence-corrected chi connectivity index (χ1v) is 21.7. The molecule has 0 saturated carbocycles. The van der Waals surface area contributed by atoms with Crippen molar-refractivity contribution in [2.75, 3.05) is 16.5 Å². The highest BCUT2D eigenvalue weighted by molar-refractivity contribution is 6.16. The fourth-order valence-electron chi connectivity index (χ4n) is 9.55. The van der Waals surface area contributed by atoms with E-state index in [4.69, 9.17) is 14.1 Å². The molecule has 0 saturated heterocycles. The van der Waals surface area contributed by atoms with Crippen molar-refractivity contribution in [2.45, 2.75) is 47.0 Å². The third-order valence-electron chi connectivity index (χ3n) is 12.9. The smallest absolute Gasteiger partial charge is 0.161 e. The Balaban J connectivity index is 1.01. The fraction of sp³-hybridized carbons (Fsp3) is 0.140. The molecule has 7 aromatic carbocycles. The average Bonchev–Trinajstić information content (AvgIpc) is 3.98. The van der Waals surface area contributed by atoms with Gasteiger partial charge in [0.1, 0.15) is 35.1 Å². The molecule has 308 valence electrons. The van der Waals surface area contributed by atoms with Crippen molar-refractivity contribution in [2.24, 2.45) is 0 Å². The van der Waals surface area contributed by atoms with E-state index >= 15 is 0 Å². The van der Waals surface area contributed by atoms with E-state index in [1.165, 1.54) is 50.2 Å². The molecule has 0 aliphatic carbocycles. The Morgan fingerprint density at radius 1 is 0.571 bits per heavy atom. The summed E-state index contributed by atoms with van der Waals surface area (Å²) in [7, 11) is 0. The van der Waals surface area contributed by atoms with Crippen LogP contribution in [-0.2, 0) is 5.41 Å². The quantitative estimate of drug-likeness (QED) is 0.160. The van der Waals surface area contributed by atoms with Gasteiger partial charge in [0.2, 0.25) is 0 Å². The third kappa shape index (κ3) is 6.36. The minimum atomic E-state index is -0.0449. The lowest BCUT2D eigenvalue weighted by molar-refractivity contribution is 0.483. The lowest BCUT2D eigenvalue weighted by Crippen LogP contribution is -2.25. The molecule has 10 aromatic rings. The molecule has 0 spiro atoms. The molecule has 11 rings (SSSR count). The average molecular weight is 821 g/mol. The molecular formula is C57H48N4O2. The second kappa shape index (κ2) is 14.8.